The van der Waals surface area contributed by atoms with Crippen LogP contribution in [0.25, 0.3) is 0 Å². The number of hydrogen-bond acceptors (Lipinski definition) is 2. The number of esters is 1. The molecule has 0 aromatic heterocycles. The van der Waals surface area contributed by atoms with Gasteiger partial charge in [0.1, 0.15) is 5.60 Å². The van der Waals surface area contributed by atoms with Crippen molar-refractivity contribution in [2.45, 2.75) is 31.8 Å². The van der Waals surface area contributed by atoms with Gasteiger partial charge in [0.15, 0.2) is 0 Å². The summed E-state index contributed by atoms with van der Waals surface area (Å²) >= 11 is 0. The van der Waals surface area contributed by atoms with Crippen LogP contribution >= 0.6 is 0 Å². The molecule has 3 rings (SSSR count). The molecule has 0 aliphatic heterocycles. The van der Waals surface area contributed by atoms with E-state index in [4.69, 9.17) is 4.74 Å². The largest absolute Gasteiger partial charge is 0.453 e. The fraction of sp³-hybridized carbons (Fsp3) is 0.458. The lowest BCUT2D eigenvalue weighted by Gasteiger charge is -2.42. The summed E-state index contributed by atoms with van der Waals surface area (Å²) < 4.78 is 7.24. The number of carbonyl (C=O) groups excluding carboxylic acids is 1. The fourth-order valence-corrected chi connectivity index (χ4v) is 3.93. The monoisotopic (exact) mass is 366 g/mol. The van der Waals surface area contributed by atoms with E-state index in [0.29, 0.717) is 6.42 Å². The Labute approximate surface area is 163 Å². The van der Waals surface area contributed by atoms with E-state index in [0.717, 1.165) is 29.4 Å². The summed E-state index contributed by atoms with van der Waals surface area (Å²) in [6.45, 7) is 3.14. The Morgan fingerprint density at radius 3 is 2.11 bits per heavy atom. The minimum absolute atomic E-state index is 0.0388. The molecule has 2 aromatic rings. The zero-order valence-corrected chi connectivity index (χ0v) is 17.0. The molecule has 27 heavy (non-hydrogen) atoms. The Kier molecular flexibility index (Phi) is 5.71. The molecule has 0 N–H and O–H groups in total. The summed E-state index contributed by atoms with van der Waals surface area (Å²) in [6, 6.07) is 20.7. The summed E-state index contributed by atoms with van der Waals surface area (Å²) in [5, 5.41) is 0. The molecule has 2 atom stereocenters. The average Bonchev–Trinajstić information content (AvgIpc) is 3.46. The maximum Gasteiger partial charge on any atom is 0.309 e. The van der Waals surface area contributed by atoms with Gasteiger partial charge in [0.2, 0.25) is 0 Å². The van der Waals surface area contributed by atoms with Crippen molar-refractivity contribution in [3.8, 4) is 0 Å². The number of ether oxygens (including phenoxy) is 1. The van der Waals surface area contributed by atoms with E-state index in [9.17, 15) is 4.79 Å². The molecule has 1 aliphatic carbocycles. The van der Waals surface area contributed by atoms with E-state index < -0.39 is 5.60 Å². The highest BCUT2D eigenvalue weighted by molar-refractivity contribution is 5.75. The van der Waals surface area contributed by atoms with Crippen LogP contribution in [0.4, 0.5) is 0 Å². The number of rotatable bonds is 8. The second-order valence-electron chi connectivity index (χ2n) is 8.99. The van der Waals surface area contributed by atoms with Crippen molar-refractivity contribution in [3.05, 3.63) is 71.8 Å². The predicted octanol–water partition coefficient (Wildman–Crippen LogP) is 4.42. The molecule has 3 heteroatoms. The first kappa shape index (κ1) is 19.6. The highest BCUT2D eigenvalue weighted by Gasteiger charge is 2.46. The third-order valence-electron chi connectivity index (χ3n) is 5.38. The smallest absolute Gasteiger partial charge is 0.309 e. The van der Waals surface area contributed by atoms with Gasteiger partial charge in [0.05, 0.1) is 33.6 Å². The van der Waals surface area contributed by atoms with Gasteiger partial charge in [-0.3, -0.25) is 4.79 Å². The fourth-order valence-electron chi connectivity index (χ4n) is 3.93. The maximum atomic E-state index is 12.8. The second-order valence-corrected chi connectivity index (χ2v) is 8.99. The van der Waals surface area contributed by atoms with Gasteiger partial charge in [-0.05, 0) is 24.0 Å². The lowest BCUT2D eigenvalue weighted by Crippen LogP contribution is -2.49. The molecule has 1 aliphatic rings. The minimum Gasteiger partial charge on any atom is -0.453 e. The molecule has 0 radical (unpaired) electrons. The molecule has 0 unspecified atom stereocenters. The molecule has 0 bridgehead atoms. The SMILES string of the molecule is C[C@@H](C[N+](C)(C)C)[C@@](Cc1ccccc1)(OC(=O)C1CC1)c1ccccc1. The Balaban J connectivity index is 2.05. The van der Waals surface area contributed by atoms with Crippen molar-refractivity contribution in [1.82, 2.24) is 0 Å². The zero-order valence-electron chi connectivity index (χ0n) is 17.0. The average molecular weight is 367 g/mol. The van der Waals surface area contributed by atoms with Gasteiger partial charge >= 0.3 is 5.97 Å². The van der Waals surface area contributed by atoms with E-state index >= 15 is 0 Å². The van der Waals surface area contributed by atoms with Crippen molar-refractivity contribution in [1.29, 1.82) is 0 Å². The van der Waals surface area contributed by atoms with Crippen LogP contribution in [0.2, 0.25) is 0 Å². The highest BCUT2D eigenvalue weighted by Crippen LogP contribution is 2.41. The number of carbonyl (C=O) groups is 1. The summed E-state index contributed by atoms with van der Waals surface area (Å²) in [5.41, 5.74) is 1.62. The Morgan fingerprint density at radius 2 is 1.59 bits per heavy atom. The number of quaternary nitrogens is 1. The molecule has 2 aromatic carbocycles. The summed E-state index contributed by atoms with van der Waals surface area (Å²) in [5.74, 6) is 0.214. The summed E-state index contributed by atoms with van der Waals surface area (Å²) in [6.07, 6.45) is 2.61. The molecule has 1 fully saturated rings. The van der Waals surface area contributed by atoms with Crippen LogP contribution in [-0.4, -0.2) is 38.1 Å². The van der Waals surface area contributed by atoms with E-state index in [2.05, 4.69) is 64.5 Å². The van der Waals surface area contributed by atoms with Crippen LogP contribution in [0.15, 0.2) is 60.7 Å². The van der Waals surface area contributed by atoms with E-state index in [1.165, 1.54) is 5.56 Å². The first-order chi connectivity index (χ1) is 12.8. The maximum absolute atomic E-state index is 12.8. The van der Waals surface area contributed by atoms with E-state index in [-0.39, 0.29) is 17.8 Å². The quantitative estimate of drug-likeness (QED) is 0.511. The third-order valence-corrected chi connectivity index (χ3v) is 5.38. The number of nitrogens with zero attached hydrogens (tertiary/aromatic N) is 1. The van der Waals surface area contributed by atoms with Crippen molar-refractivity contribution < 1.29 is 14.0 Å². The normalized spacial score (nSPS) is 17.8. The molecular formula is C24H32NO2+. The molecule has 144 valence electrons. The van der Waals surface area contributed by atoms with Crippen LogP contribution in [0.1, 0.15) is 30.9 Å². The third kappa shape index (κ3) is 4.98. The van der Waals surface area contributed by atoms with Crippen LogP contribution < -0.4 is 0 Å². The van der Waals surface area contributed by atoms with E-state index in [1.54, 1.807) is 0 Å². The van der Waals surface area contributed by atoms with Gasteiger partial charge in [0.25, 0.3) is 0 Å². The van der Waals surface area contributed by atoms with Gasteiger partial charge in [-0.1, -0.05) is 67.6 Å². The van der Waals surface area contributed by atoms with Crippen LogP contribution in [0, 0.1) is 11.8 Å². The summed E-state index contributed by atoms with van der Waals surface area (Å²) in [4.78, 5) is 12.8. The second kappa shape index (κ2) is 7.85. The van der Waals surface area contributed by atoms with Gasteiger partial charge < -0.3 is 9.22 Å². The molecule has 1 saturated carbocycles. The zero-order chi connectivity index (χ0) is 19.5. The van der Waals surface area contributed by atoms with Gasteiger partial charge in [-0.15, -0.1) is 0 Å². The van der Waals surface area contributed by atoms with Crippen molar-refractivity contribution in [2.24, 2.45) is 11.8 Å². The van der Waals surface area contributed by atoms with Gasteiger partial charge in [-0.25, -0.2) is 0 Å². The molecule has 0 saturated heterocycles. The molecule has 0 amide bonds. The van der Waals surface area contributed by atoms with Crippen LogP contribution in [0.3, 0.4) is 0 Å². The Bertz CT molecular complexity index is 747. The Morgan fingerprint density at radius 1 is 1.04 bits per heavy atom. The van der Waals surface area contributed by atoms with Crippen LogP contribution in [-0.2, 0) is 21.6 Å². The molecule has 0 spiro atoms. The first-order valence-electron chi connectivity index (χ1n) is 9.93. The topological polar surface area (TPSA) is 26.3 Å². The molecule has 3 nitrogen and oxygen atoms in total. The van der Waals surface area contributed by atoms with Crippen molar-refractivity contribution in [2.75, 3.05) is 27.7 Å². The molecular weight excluding hydrogens is 334 g/mol. The minimum atomic E-state index is -0.659. The van der Waals surface area contributed by atoms with Gasteiger partial charge in [-0.2, -0.15) is 0 Å². The number of benzene rings is 2. The van der Waals surface area contributed by atoms with Crippen molar-refractivity contribution >= 4 is 5.97 Å². The summed E-state index contributed by atoms with van der Waals surface area (Å²) in [7, 11) is 6.58. The lowest BCUT2D eigenvalue weighted by molar-refractivity contribution is -0.874. The van der Waals surface area contributed by atoms with E-state index in [1.807, 2.05) is 24.3 Å². The van der Waals surface area contributed by atoms with Crippen LogP contribution in [0.5, 0.6) is 0 Å². The lowest BCUT2D eigenvalue weighted by atomic mass is 9.77. The van der Waals surface area contributed by atoms with Crippen molar-refractivity contribution in [3.63, 3.8) is 0 Å². The first-order valence-corrected chi connectivity index (χ1v) is 9.93. The Hall–Kier alpha value is -2.13. The number of hydrogen-bond donors (Lipinski definition) is 0. The standard InChI is InChI=1S/C24H32NO2/c1-19(18-25(2,3)4)24(22-13-9-6-10-14-22,27-23(26)21-15-16-21)17-20-11-7-5-8-12-20/h5-14,19,21H,15-18H2,1-4H3/q+1/t19-,24+/m0/s1. The predicted molar refractivity (Wildman–Crippen MR) is 109 cm³/mol. The molecule has 0 heterocycles. The van der Waals surface area contributed by atoms with Gasteiger partial charge in [0, 0.05) is 12.3 Å². The highest BCUT2D eigenvalue weighted by atomic mass is 16.6.